The fourth-order valence-corrected chi connectivity index (χ4v) is 5.77. The van der Waals surface area contributed by atoms with Crippen LogP contribution < -0.4 is 9.62 Å². The van der Waals surface area contributed by atoms with Gasteiger partial charge in [0.25, 0.3) is 10.0 Å². The summed E-state index contributed by atoms with van der Waals surface area (Å²) in [6, 6.07) is 16.3. The van der Waals surface area contributed by atoms with Gasteiger partial charge in [0.15, 0.2) is 0 Å². The number of anilines is 1. The highest BCUT2D eigenvalue weighted by molar-refractivity contribution is 7.92. The maximum atomic E-state index is 13.9. The highest BCUT2D eigenvalue weighted by Crippen LogP contribution is 2.33. The monoisotopic (exact) mass is 593 g/mol. The Labute approximate surface area is 238 Å². The fourth-order valence-electron chi connectivity index (χ4n) is 3.75. The normalized spacial score (nSPS) is 12.9. The zero-order valence-corrected chi connectivity index (χ0v) is 24.1. The first-order valence-electron chi connectivity index (χ1n) is 12.3. The van der Waals surface area contributed by atoms with Crippen LogP contribution in [0.25, 0.3) is 0 Å². The SMILES string of the molecule is CC[C@H](C)NC(=O)[C@@H](C)N(Cc1ccc(F)cc1)C(=O)CN(c1ccc(Cl)cc1Cl)S(=O)(=O)c1ccccc1. The number of benzene rings is 3. The van der Waals surface area contributed by atoms with E-state index in [1.54, 1.807) is 25.1 Å². The minimum atomic E-state index is -4.26. The second kappa shape index (κ2) is 13.3. The lowest BCUT2D eigenvalue weighted by molar-refractivity contribution is -0.139. The van der Waals surface area contributed by atoms with Crippen molar-refractivity contribution in [1.82, 2.24) is 10.2 Å². The van der Waals surface area contributed by atoms with Gasteiger partial charge in [-0.2, -0.15) is 0 Å². The highest BCUT2D eigenvalue weighted by atomic mass is 35.5. The molecule has 208 valence electrons. The van der Waals surface area contributed by atoms with Crippen LogP contribution in [0, 0.1) is 5.82 Å². The van der Waals surface area contributed by atoms with E-state index in [0.29, 0.717) is 17.0 Å². The predicted molar refractivity (Wildman–Crippen MR) is 152 cm³/mol. The van der Waals surface area contributed by atoms with Crippen molar-refractivity contribution in [1.29, 1.82) is 0 Å². The molecule has 2 amide bonds. The average molecular weight is 595 g/mol. The molecule has 0 heterocycles. The van der Waals surface area contributed by atoms with Gasteiger partial charge in [-0.1, -0.05) is 60.5 Å². The Morgan fingerprint density at radius 3 is 2.21 bits per heavy atom. The number of amides is 2. The minimum absolute atomic E-state index is 0.0300. The van der Waals surface area contributed by atoms with Gasteiger partial charge in [0.2, 0.25) is 11.8 Å². The van der Waals surface area contributed by atoms with Crippen molar-refractivity contribution in [3.8, 4) is 0 Å². The summed E-state index contributed by atoms with van der Waals surface area (Å²) >= 11 is 12.4. The summed E-state index contributed by atoms with van der Waals surface area (Å²) in [4.78, 5) is 28.1. The topological polar surface area (TPSA) is 86.8 Å². The molecule has 0 bridgehead atoms. The molecular formula is C28H30Cl2FN3O4S. The van der Waals surface area contributed by atoms with Crippen LogP contribution in [0.4, 0.5) is 10.1 Å². The third kappa shape index (κ3) is 7.71. The number of nitrogens with zero attached hydrogens (tertiary/aromatic N) is 2. The van der Waals surface area contributed by atoms with Gasteiger partial charge in [0.1, 0.15) is 18.4 Å². The molecule has 0 aliphatic rings. The van der Waals surface area contributed by atoms with Crippen LogP contribution >= 0.6 is 23.2 Å². The molecule has 2 atom stereocenters. The van der Waals surface area contributed by atoms with Crippen LogP contribution in [0.15, 0.2) is 77.7 Å². The second-order valence-electron chi connectivity index (χ2n) is 9.06. The quantitative estimate of drug-likeness (QED) is 0.311. The number of rotatable bonds is 11. The summed E-state index contributed by atoms with van der Waals surface area (Å²) in [5.41, 5.74) is 0.617. The second-order valence-corrected chi connectivity index (χ2v) is 11.8. The van der Waals surface area contributed by atoms with Crippen molar-refractivity contribution in [2.45, 2.75) is 50.7 Å². The predicted octanol–water partition coefficient (Wildman–Crippen LogP) is 5.66. The van der Waals surface area contributed by atoms with Crippen molar-refractivity contribution in [3.63, 3.8) is 0 Å². The average Bonchev–Trinajstić information content (AvgIpc) is 2.91. The van der Waals surface area contributed by atoms with Crippen LogP contribution in [-0.2, 0) is 26.2 Å². The highest BCUT2D eigenvalue weighted by Gasteiger charge is 2.33. The van der Waals surface area contributed by atoms with E-state index in [1.807, 2.05) is 13.8 Å². The molecule has 0 saturated carbocycles. The maximum Gasteiger partial charge on any atom is 0.264 e. The van der Waals surface area contributed by atoms with Gasteiger partial charge in [-0.25, -0.2) is 12.8 Å². The molecule has 3 aromatic rings. The van der Waals surface area contributed by atoms with Crippen molar-refractivity contribution in [2.75, 3.05) is 10.8 Å². The Hall–Kier alpha value is -3.14. The van der Waals surface area contributed by atoms with Crippen LogP contribution in [0.2, 0.25) is 10.0 Å². The van der Waals surface area contributed by atoms with Crippen LogP contribution in [0.3, 0.4) is 0 Å². The van der Waals surface area contributed by atoms with Gasteiger partial charge < -0.3 is 10.2 Å². The van der Waals surface area contributed by atoms with Gasteiger partial charge in [-0.15, -0.1) is 0 Å². The van der Waals surface area contributed by atoms with E-state index < -0.39 is 40.2 Å². The van der Waals surface area contributed by atoms with Crippen molar-refractivity contribution >= 4 is 50.7 Å². The van der Waals surface area contributed by atoms with E-state index in [-0.39, 0.29) is 28.2 Å². The standard InChI is InChI=1S/C28H30Cl2FN3O4S/c1-4-19(2)32-28(36)20(3)33(17-21-10-13-23(31)14-11-21)27(35)18-34(26-15-12-22(29)16-25(26)30)39(37,38)24-8-6-5-7-9-24/h5-16,19-20H,4,17-18H2,1-3H3,(H,32,36)/t19-,20+/m0/s1. The first-order valence-corrected chi connectivity index (χ1v) is 14.5. The van der Waals surface area contributed by atoms with E-state index >= 15 is 0 Å². The number of sulfonamides is 1. The van der Waals surface area contributed by atoms with Crippen molar-refractivity contribution in [3.05, 3.63) is 94.2 Å². The van der Waals surface area contributed by atoms with Gasteiger partial charge in [0, 0.05) is 17.6 Å². The number of carbonyl (C=O) groups excluding carboxylic acids is 2. The molecule has 0 fully saturated rings. The number of hydrogen-bond donors (Lipinski definition) is 1. The summed E-state index contributed by atoms with van der Waals surface area (Å²) in [7, 11) is -4.26. The molecule has 3 rings (SSSR count). The van der Waals surface area contributed by atoms with Gasteiger partial charge in [-0.3, -0.25) is 13.9 Å². The summed E-state index contributed by atoms with van der Waals surface area (Å²) in [6.45, 7) is 4.61. The van der Waals surface area contributed by atoms with E-state index in [2.05, 4.69) is 5.32 Å². The zero-order valence-electron chi connectivity index (χ0n) is 21.8. The molecule has 7 nitrogen and oxygen atoms in total. The van der Waals surface area contributed by atoms with Crippen LogP contribution in [0.5, 0.6) is 0 Å². The summed E-state index contributed by atoms with van der Waals surface area (Å²) in [5.74, 6) is -1.50. The molecule has 1 N–H and O–H groups in total. The summed E-state index contributed by atoms with van der Waals surface area (Å²) in [5, 5.41) is 3.18. The molecule has 0 aliphatic heterocycles. The number of carbonyl (C=O) groups is 2. The van der Waals surface area contributed by atoms with E-state index in [9.17, 15) is 22.4 Å². The zero-order chi connectivity index (χ0) is 28.7. The van der Waals surface area contributed by atoms with Crippen molar-refractivity contribution in [2.24, 2.45) is 0 Å². The molecule has 3 aromatic carbocycles. The molecule has 0 aromatic heterocycles. The van der Waals surface area contributed by atoms with E-state index in [4.69, 9.17) is 23.2 Å². The summed E-state index contributed by atoms with van der Waals surface area (Å²) in [6.07, 6.45) is 0.683. The van der Waals surface area contributed by atoms with E-state index in [0.717, 1.165) is 4.31 Å². The van der Waals surface area contributed by atoms with Crippen molar-refractivity contribution < 1.29 is 22.4 Å². The Morgan fingerprint density at radius 2 is 1.62 bits per heavy atom. The third-order valence-corrected chi connectivity index (χ3v) is 8.53. The number of halogens is 3. The Bertz CT molecular complexity index is 1410. The lowest BCUT2D eigenvalue weighted by Gasteiger charge is -2.32. The van der Waals surface area contributed by atoms with Crippen LogP contribution in [0.1, 0.15) is 32.8 Å². The maximum absolute atomic E-state index is 13.9. The molecule has 0 radical (unpaired) electrons. The lowest BCUT2D eigenvalue weighted by atomic mass is 10.1. The number of nitrogens with one attached hydrogen (secondary N) is 1. The molecule has 39 heavy (non-hydrogen) atoms. The molecule has 0 spiro atoms. The van der Waals surface area contributed by atoms with Gasteiger partial charge in [0.05, 0.1) is 15.6 Å². The third-order valence-electron chi connectivity index (χ3n) is 6.22. The Kier molecular flexibility index (Phi) is 10.4. The molecule has 0 saturated heterocycles. The minimum Gasteiger partial charge on any atom is -0.352 e. The smallest absolute Gasteiger partial charge is 0.264 e. The molecule has 0 unspecified atom stereocenters. The lowest BCUT2D eigenvalue weighted by Crippen LogP contribution is -2.52. The number of hydrogen-bond acceptors (Lipinski definition) is 4. The van der Waals surface area contributed by atoms with Gasteiger partial charge >= 0.3 is 0 Å². The first-order chi connectivity index (χ1) is 18.4. The van der Waals surface area contributed by atoms with Crippen LogP contribution in [-0.4, -0.2) is 43.8 Å². The molecular weight excluding hydrogens is 564 g/mol. The molecule has 0 aliphatic carbocycles. The largest absolute Gasteiger partial charge is 0.352 e. The summed E-state index contributed by atoms with van der Waals surface area (Å²) < 4.78 is 41.9. The Morgan fingerprint density at radius 1 is 0.974 bits per heavy atom. The molecule has 11 heteroatoms. The van der Waals surface area contributed by atoms with Gasteiger partial charge in [-0.05, 0) is 68.3 Å². The van der Waals surface area contributed by atoms with E-state index in [1.165, 1.54) is 59.5 Å². The Balaban J connectivity index is 2.04. The first kappa shape index (κ1) is 30.4. The fraction of sp³-hybridized carbons (Fsp3) is 0.286.